The Bertz CT molecular complexity index is 861. The minimum atomic E-state index is -1.18. The van der Waals surface area contributed by atoms with Gasteiger partial charge < -0.3 is 10.1 Å². The number of amides is 1. The molecule has 1 saturated heterocycles. The summed E-state index contributed by atoms with van der Waals surface area (Å²) in [5, 5.41) is 3.06. The van der Waals surface area contributed by atoms with Crippen LogP contribution < -0.4 is 5.32 Å². The van der Waals surface area contributed by atoms with Crippen LogP contribution in [0.5, 0.6) is 0 Å². The molecule has 28 heavy (non-hydrogen) atoms. The molecule has 1 N–H and O–H groups in total. The second kappa shape index (κ2) is 7.76. The fourth-order valence-electron chi connectivity index (χ4n) is 4.22. The van der Waals surface area contributed by atoms with Crippen LogP contribution in [0.2, 0.25) is 0 Å². The van der Waals surface area contributed by atoms with Gasteiger partial charge in [0, 0.05) is 13.0 Å². The monoisotopic (exact) mass is 378 g/mol. The molecule has 2 aliphatic rings. The number of hydrogen-bond donors (Lipinski definition) is 1. The van der Waals surface area contributed by atoms with Gasteiger partial charge in [-0.05, 0) is 50.0 Å². The van der Waals surface area contributed by atoms with E-state index >= 15 is 0 Å². The van der Waals surface area contributed by atoms with E-state index < -0.39 is 11.6 Å². The molecule has 0 aliphatic carbocycles. The van der Waals surface area contributed by atoms with E-state index in [9.17, 15) is 9.59 Å². The van der Waals surface area contributed by atoms with Crippen molar-refractivity contribution in [1.29, 1.82) is 0 Å². The molecular formula is C23H26N2O3. The fraction of sp³-hybridized carbons (Fsp3) is 0.391. The van der Waals surface area contributed by atoms with Crippen molar-refractivity contribution in [2.45, 2.75) is 37.8 Å². The molecule has 4 rings (SSSR count). The third kappa shape index (κ3) is 3.67. The van der Waals surface area contributed by atoms with Gasteiger partial charge in [-0.1, -0.05) is 48.5 Å². The Morgan fingerprint density at radius 3 is 2.54 bits per heavy atom. The number of rotatable bonds is 5. The topological polar surface area (TPSA) is 58.6 Å². The van der Waals surface area contributed by atoms with E-state index in [1.165, 1.54) is 18.4 Å². The Morgan fingerprint density at radius 2 is 1.79 bits per heavy atom. The molecule has 2 atom stereocenters. The highest BCUT2D eigenvalue weighted by atomic mass is 16.6. The van der Waals surface area contributed by atoms with E-state index in [0.29, 0.717) is 18.5 Å². The number of nitrogens with one attached hydrogen (secondary N) is 1. The van der Waals surface area contributed by atoms with Gasteiger partial charge in [-0.2, -0.15) is 0 Å². The van der Waals surface area contributed by atoms with Gasteiger partial charge >= 0.3 is 5.97 Å². The van der Waals surface area contributed by atoms with Crippen molar-refractivity contribution in [3.63, 3.8) is 0 Å². The smallest absolute Gasteiger partial charge is 0.339 e. The number of carbonyl (C=O) groups is 2. The molecule has 0 saturated carbocycles. The first-order valence-corrected chi connectivity index (χ1v) is 9.95. The fourth-order valence-corrected chi connectivity index (χ4v) is 4.22. The van der Waals surface area contributed by atoms with Gasteiger partial charge in [0.25, 0.3) is 5.91 Å². The maximum Gasteiger partial charge on any atom is 0.339 e. The van der Waals surface area contributed by atoms with E-state index in [1.807, 2.05) is 36.4 Å². The van der Waals surface area contributed by atoms with Crippen LogP contribution in [-0.4, -0.2) is 42.0 Å². The number of likely N-dealkylation sites (tertiary alicyclic amines) is 1. The predicted octanol–water partition coefficient (Wildman–Crippen LogP) is 3.11. The molecule has 2 unspecified atom stereocenters. The van der Waals surface area contributed by atoms with Gasteiger partial charge in [0.1, 0.15) is 0 Å². The highest BCUT2D eigenvalue weighted by Crippen LogP contribution is 2.29. The van der Waals surface area contributed by atoms with Crippen LogP contribution in [0.4, 0.5) is 0 Å². The SMILES string of the molecule is CC1(C(=O)NCC(c2ccccc2)N2CCCC2)Cc2ccccc2C(=O)O1. The summed E-state index contributed by atoms with van der Waals surface area (Å²) in [7, 11) is 0. The third-order valence-corrected chi connectivity index (χ3v) is 5.79. The summed E-state index contributed by atoms with van der Waals surface area (Å²) in [5.74, 6) is -0.672. The van der Waals surface area contributed by atoms with Crippen molar-refractivity contribution < 1.29 is 14.3 Å². The van der Waals surface area contributed by atoms with E-state index in [0.717, 1.165) is 18.7 Å². The van der Waals surface area contributed by atoms with Crippen LogP contribution in [0.3, 0.4) is 0 Å². The number of benzene rings is 2. The number of fused-ring (bicyclic) bond motifs is 1. The summed E-state index contributed by atoms with van der Waals surface area (Å²) >= 11 is 0. The van der Waals surface area contributed by atoms with Crippen molar-refractivity contribution in [1.82, 2.24) is 10.2 Å². The highest BCUT2D eigenvalue weighted by Gasteiger charge is 2.42. The van der Waals surface area contributed by atoms with E-state index in [-0.39, 0.29) is 11.9 Å². The highest BCUT2D eigenvalue weighted by molar-refractivity contribution is 5.97. The maximum atomic E-state index is 13.0. The summed E-state index contributed by atoms with van der Waals surface area (Å²) in [6.45, 7) is 4.27. The Morgan fingerprint density at radius 1 is 1.11 bits per heavy atom. The van der Waals surface area contributed by atoms with Crippen LogP contribution in [0, 0.1) is 0 Å². The molecule has 1 fully saturated rings. The van der Waals surface area contributed by atoms with Gasteiger partial charge in [-0.3, -0.25) is 9.69 Å². The second-order valence-electron chi connectivity index (χ2n) is 7.83. The number of cyclic esters (lactones) is 1. The first kappa shape index (κ1) is 18.7. The molecule has 2 aromatic rings. The lowest BCUT2D eigenvalue weighted by Crippen LogP contribution is -2.53. The predicted molar refractivity (Wildman–Crippen MR) is 107 cm³/mol. The molecule has 5 nitrogen and oxygen atoms in total. The second-order valence-corrected chi connectivity index (χ2v) is 7.83. The average molecular weight is 378 g/mol. The third-order valence-electron chi connectivity index (χ3n) is 5.79. The Kier molecular flexibility index (Phi) is 5.18. The summed E-state index contributed by atoms with van der Waals surface area (Å²) < 4.78 is 5.56. The number of nitrogens with zero attached hydrogens (tertiary/aromatic N) is 1. The first-order chi connectivity index (χ1) is 13.6. The molecule has 0 bridgehead atoms. The van der Waals surface area contributed by atoms with E-state index in [4.69, 9.17) is 4.74 Å². The normalized spacial score (nSPS) is 23.0. The molecule has 2 aromatic carbocycles. The van der Waals surface area contributed by atoms with E-state index in [2.05, 4.69) is 22.3 Å². The van der Waals surface area contributed by atoms with Crippen LogP contribution in [0.1, 0.15) is 47.3 Å². The Labute approximate surface area is 165 Å². The zero-order valence-corrected chi connectivity index (χ0v) is 16.2. The number of esters is 1. The molecule has 0 spiro atoms. The standard InChI is InChI=1S/C23H26N2O3/c1-23(15-18-11-5-6-12-19(18)21(26)28-23)22(27)24-16-20(25-13-7-8-14-25)17-9-3-2-4-10-17/h2-6,9-12,20H,7-8,13-16H2,1H3,(H,24,27). The zero-order chi connectivity index (χ0) is 19.6. The quantitative estimate of drug-likeness (QED) is 0.813. The molecule has 0 radical (unpaired) electrons. The lowest BCUT2D eigenvalue weighted by Gasteiger charge is -2.34. The number of carbonyl (C=O) groups excluding carboxylic acids is 2. The first-order valence-electron chi connectivity index (χ1n) is 9.95. The lowest BCUT2D eigenvalue weighted by molar-refractivity contribution is -0.140. The van der Waals surface area contributed by atoms with Crippen LogP contribution in [-0.2, 0) is 16.0 Å². The Balaban J connectivity index is 1.48. The summed E-state index contributed by atoms with van der Waals surface area (Å²) in [4.78, 5) is 27.8. The summed E-state index contributed by atoms with van der Waals surface area (Å²) in [6, 6.07) is 17.7. The van der Waals surface area contributed by atoms with Crippen molar-refractivity contribution >= 4 is 11.9 Å². The minimum absolute atomic E-state index is 0.128. The zero-order valence-electron chi connectivity index (χ0n) is 16.2. The summed E-state index contributed by atoms with van der Waals surface area (Å²) in [5.41, 5.74) is 1.42. The molecule has 2 aliphatic heterocycles. The largest absolute Gasteiger partial charge is 0.445 e. The molecule has 5 heteroatoms. The van der Waals surface area contributed by atoms with Crippen molar-refractivity contribution in [2.24, 2.45) is 0 Å². The van der Waals surface area contributed by atoms with Crippen molar-refractivity contribution in [3.8, 4) is 0 Å². The van der Waals surface area contributed by atoms with Crippen LogP contribution in [0.15, 0.2) is 54.6 Å². The molecule has 146 valence electrons. The van der Waals surface area contributed by atoms with Crippen molar-refractivity contribution in [3.05, 3.63) is 71.3 Å². The van der Waals surface area contributed by atoms with Gasteiger partial charge in [-0.25, -0.2) is 4.79 Å². The van der Waals surface area contributed by atoms with Crippen molar-refractivity contribution in [2.75, 3.05) is 19.6 Å². The van der Waals surface area contributed by atoms with Gasteiger partial charge in [0.15, 0.2) is 5.60 Å². The van der Waals surface area contributed by atoms with Gasteiger partial charge in [0.05, 0.1) is 11.6 Å². The maximum absolute atomic E-state index is 13.0. The molecular weight excluding hydrogens is 352 g/mol. The number of hydrogen-bond acceptors (Lipinski definition) is 4. The Hall–Kier alpha value is -2.66. The van der Waals surface area contributed by atoms with E-state index in [1.54, 1.807) is 13.0 Å². The van der Waals surface area contributed by atoms with Crippen LogP contribution in [0.25, 0.3) is 0 Å². The average Bonchev–Trinajstić information content (AvgIpc) is 3.23. The van der Waals surface area contributed by atoms with Crippen LogP contribution >= 0.6 is 0 Å². The number of ether oxygens (including phenoxy) is 1. The summed E-state index contributed by atoms with van der Waals surface area (Å²) in [6.07, 6.45) is 2.76. The van der Waals surface area contributed by atoms with Gasteiger partial charge in [0.2, 0.25) is 0 Å². The molecule has 0 aromatic heterocycles. The van der Waals surface area contributed by atoms with Gasteiger partial charge in [-0.15, -0.1) is 0 Å². The molecule has 1 amide bonds. The lowest BCUT2D eigenvalue weighted by atomic mass is 9.89. The molecule has 2 heterocycles. The minimum Gasteiger partial charge on any atom is -0.445 e.